The summed E-state index contributed by atoms with van der Waals surface area (Å²) in [4.78, 5) is 13.3. The Kier molecular flexibility index (Phi) is 3.21. The average Bonchev–Trinajstić information content (AvgIpc) is 2.74. The van der Waals surface area contributed by atoms with Crippen LogP contribution in [0.4, 0.5) is 13.2 Å². The Morgan fingerprint density at radius 1 is 1.32 bits per heavy atom. The number of nitrogens with zero attached hydrogens (tertiary/aromatic N) is 1. The first kappa shape index (κ1) is 13.2. The van der Waals surface area contributed by atoms with Crippen LogP contribution in [-0.4, -0.2) is 55.4 Å². The second kappa shape index (κ2) is 4.63. The second-order valence-electron chi connectivity index (χ2n) is 5.64. The maximum Gasteiger partial charge on any atom is 0.401 e. The third-order valence-electron chi connectivity index (χ3n) is 4.31. The van der Waals surface area contributed by atoms with Gasteiger partial charge < -0.3 is 10.1 Å². The van der Waals surface area contributed by atoms with Crippen LogP contribution in [0.5, 0.6) is 0 Å². The predicted octanol–water partition coefficient (Wildman–Crippen LogP) is 0.774. The fourth-order valence-corrected chi connectivity index (χ4v) is 3.26. The lowest BCUT2D eigenvalue weighted by Crippen LogP contribution is -2.47. The van der Waals surface area contributed by atoms with Crippen LogP contribution in [0.25, 0.3) is 0 Å². The summed E-state index contributed by atoms with van der Waals surface area (Å²) in [5, 5.41) is 2.89. The average molecular weight is 278 g/mol. The number of halogens is 3. The van der Waals surface area contributed by atoms with Crippen molar-refractivity contribution < 1.29 is 22.7 Å². The maximum atomic E-state index is 12.4. The van der Waals surface area contributed by atoms with Crippen molar-refractivity contribution in [3.05, 3.63) is 0 Å². The Balaban J connectivity index is 1.54. The van der Waals surface area contributed by atoms with E-state index in [1.54, 1.807) is 0 Å². The molecule has 0 aromatic rings. The van der Waals surface area contributed by atoms with E-state index >= 15 is 0 Å². The molecule has 0 bridgehead atoms. The Bertz CT molecular complexity index is 364. The van der Waals surface area contributed by atoms with E-state index in [4.69, 9.17) is 4.74 Å². The Hall–Kier alpha value is -0.820. The third kappa shape index (κ3) is 2.72. The molecule has 3 aliphatic rings. The fraction of sp³-hybridized carbons (Fsp3) is 0.917. The number of nitrogens with one attached hydrogen (secondary N) is 1. The summed E-state index contributed by atoms with van der Waals surface area (Å²) in [5.41, 5.74) is 0. The zero-order chi connectivity index (χ0) is 13.6. The lowest BCUT2D eigenvalue weighted by molar-refractivity contribution is -0.151. The van der Waals surface area contributed by atoms with Crippen molar-refractivity contribution in [1.82, 2.24) is 10.2 Å². The van der Waals surface area contributed by atoms with Gasteiger partial charge in [-0.2, -0.15) is 13.2 Å². The van der Waals surface area contributed by atoms with Gasteiger partial charge >= 0.3 is 6.18 Å². The molecule has 1 amide bonds. The largest absolute Gasteiger partial charge is 0.401 e. The van der Waals surface area contributed by atoms with Gasteiger partial charge in [0.25, 0.3) is 0 Å². The molecule has 19 heavy (non-hydrogen) atoms. The highest BCUT2D eigenvalue weighted by atomic mass is 19.4. The first-order valence-corrected chi connectivity index (χ1v) is 6.64. The molecule has 0 radical (unpaired) electrons. The molecule has 1 aliphatic carbocycles. The van der Waals surface area contributed by atoms with Crippen LogP contribution < -0.4 is 5.32 Å². The van der Waals surface area contributed by atoms with Gasteiger partial charge in [0.2, 0.25) is 5.91 Å². The number of ether oxygens (including phenoxy) is 1. The summed E-state index contributed by atoms with van der Waals surface area (Å²) < 4.78 is 42.5. The van der Waals surface area contributed by atoms with Gasteiger partial charge in [-0.3, -0.25) is 9.69 Å². The normalized spacial score (nSPS) is 38.3. The van der Waals surface area contributed by atoms with Crippen molar-refractivity contribution in [2.24, 2.45) is 11.8 Å². The number of hydrogen-bond donors (Lipinski definition) is 1. The molecule has 0 spiro atoms. The molecular formula is C12H17F3N2O2. The van der Waals surface area contributed by atoms with Crippen molar-refractivity contribution in [1.29, 1.82) is 0 Å². The molecule has 2 unspecified atom stereocenters. The molecule has 0 aromatic heterocycles. The highest BCUT2D eigenvalue weighted by molar-refractivity contribution is 5.82. The van der Waals surface area contributed by atoms with E-state index in [0.717, 1.165) is 0 Å². The van der Waals surface area contributed by atoms with E-state index in [0.29, 0.717) is 44.4 Å². The number of likely N-dealkylation sites (tertiary alicyclic amines) is 1. The molecule has 4 atom stereocenters. The monoisotopic (exact) mass is 278 g/mol. The summed E-state index contributed by atoms with van der Waals surface area (Å²) in [6, 6.07) is -0.501. The van der Waals surface area contributed by atoms with Crippen LogP contribution in [0, 0.1) is 11.8 Å². The number of hydrogen-bond acceptors (Lipinski definition) is 3. The minimum Gasteiger partial charge on any atom is -0.381 e. The molecule has 3 fully saturated rings. The standard InChI is InChI=1S/C12H17F3N2O2/c13-12(14,15)6-17-3-1-2-9(17)11(18)16-10-7-4-19-5-8(7)10/h7-10H,1-6H2,(H,16,18)/t7-,8+,9?,10?. The predicted molar refractivity (Wildman–Crippen MR) is 60.4 cm³/mol. The quantitative estimate of drug-likeness (QED) is 0.829. The van der Waals surface area contributed by atoms with E-state index in [1.807, 2.05) is 0 Å². The van der Waals surface area contributed by atoms with E-state index in [-0.39, 0.29) is 11.9 Å². The van der Waals surface area contributed by atoms with Gasteiger partial charge in [-0.05, 0) is 19.4 Å². The zero-order valence-electron chi connectivity index (χ0n) is 10.4. The molecule has 2 aliphatic heterocycles. The van der Waals surface area contributed by atoms with Crippen molar-refractivity contribution in [2.75, 3.05) is 26.3 Å². The second-order valence-corrected chi connectivity index (χ2v) is 5.64. The summed E-state index contributed by atoms with van der Waals surface area (Å²) in [7, 11) is 0. The van der Waals surface area contributed by atoms with Crippen LogP contribution in [0.3, 0.4) is 0 Å². The summed E-state index contributed by atoms with van der Waals surface area (Å²) in [6.07, 6.45) is -3.08. The first-order chi connectivity index (χ1) is 8.96. The summed E-state index contributed by atoms with van der Waals surface area (Å²) >= 11 is 0. The molecular weight excluding hydrogens is 261 g/mol. The lowest BCUT2D eigenvalue weighted by Gasteiger charge is -2.24. The van der Waals surface area contributed by atoms with E-state index in [1.165, 1.54) is 4.90 Å². The summed E-state index contributed by atoms with van der Waals surface area (Å²) in [5.74, 6) is 0.504. The van der Waals surface area contributed by atoms with Crippen LogP contribution in [-0.2, 0) is 9.53 Å². The number of amides is 1. The SMILES string of the molecule is O=C(NC1[C@H]2COC[C@@H]12)C1CCCN1CC(F)(F)F. The highest BCUT2D eigenvalue weighted by Crippen LogP contribution is 2.44. The van der Waals surface area contributed by atoms with Gasteiger partial charge in [-0.1, -0.05) is 0 Å². The minimum atomic E-state index is -4.24. The van der Waals surface area contributed by atoms with Gasteiger partial charge in [-0.15, -0.1) is 0 Å². The van der Waals surface area contributed by atoms with E-state index in [9.17, 15) is 18.0 Å². The number of rotatable bonds is 3. The van der Waals surface area contributed by atoms with Crippen LogP contribution in [0.15, 0.2) is 0 Å². The van der Waals surface area contributed by atoms with Crippen LogP contribution in [0.1, 0.15) is 12.8 Å². The van der Waals surface area contributed by atoms with Crippen molar-refractivity contribution in [2.45, 2.75) is 31.1 Å². The van der Waals surface area contributed by atoms with Gasteiger partial charge in [-0.25, -0.2) is 0 Å². The molecule has 1 saturated carbocycles. The third-order valence-corrected chi connectivity index (χ3v) is 4.31. The Labute approximate surface area is 109 Å². The Morgan fingerprint density at radius 2 is 2.00 bits per heavy atom. The lowest BCUT2D eigenvalue weighted by atomic mass is 10.2. The maximum absolute atomic E-state index is 12.4. The topological polar surface area (TPSA) is 41.6 Å². The van der Waals surface area contributed by atoms with E-state index in [2.05, 4.69) is 5.32 Å². The molecule has 108 valence electrons. The van der Waals surface area contributed by atoms with Gasteiger partial charge in [0.15, 0.2) is 0 Å². The summed E-state index contributed by atoms with van der Waals surface area (Å²) in [6.45, 7) is 0.670. The molecule has 2 heterocycles. The fourth-order valence-electron chi connectivity index (χ4n) is 3.26. The van der Waals surface area contributed by atoms with Gasteiger partial charge in [0, 0.05) is 17.9 Å². The highest BCUT2D eigenvalue weighted by Gasteiger charge is 2.55. The number of carbonyl (C=O) groups excluding carboxylic acids is 1. The first-order valence-electron chi connectivity index (χ1n) is 6.64. The van der Waals surface area contributed by atoms with Crippen molar-refractivity contribution in [3.8, 4) is 0 Å². The number of alkyl halides is 3. The number of carbonyl (C=O) groups is 1. The Morgan fingerprint density at radius 3 is 2.63 bits per heavy atom. The van der Waals surface area contributed by atoms with Crippen molar-refractivity contribution in [3.63, 3.8) is 0 Å². The van der Waals surface area contributed by atoms with Gasteiger partial charge in [0.05, 0.1) is 25.8 Å². The molecule has 7 heteroatoms. The smallest absolute Gasteiger partial charge is 0.381 e. The van der Waals surface area contributed by atoms with Gasteiger partial charge in [0.1, 0.15) is 0 Å². The minimum absolute atomic E-state index is 0.120. The number of fused-ring (bicyclic) bond motifs is 1. The molecule has 0 aromatic carbocycles. The molecule has 4 nitrogen and oxygen atoms in total. The van der Waals surface area contributed by atoms with Crippen LogP contribution in [0.2, 0.25) is 0 Å². The van der Waals surface area contributed by atoms with Crippen molar-refractivity contribution >= 4 is 5.91 Å². The zero-order valence-corrected chi connectivity index (χ0v) is 10.4. The van der Waals surface area contributed by atoms with E-state index < -0.39 is 18.8 Å². The molecule has 3 rings (SSSR count). The van der Waals surface area contributed by atoms with Crippen LogP contribution >= 0.6 is 0 Å². The molecule has 1 N–H and O–H groups in total. The molecule has 2 saturated heterocycles.